The topological polar surface area (TPSA) is 87.7 Å². The van der Waals surface area contributed by atoms with E-state index < -0.39 is 18.0 Å². The number of carbonyl (C=O) groups excluding carboxylic acids is 3. The molecule has 24 heavy (non-hydrogen) atoms. The molecule has 4 amide bonds. The molecule has 7 heteroatoms. The van der Waals surface area contributed by atoms with Crippen molar-refractivity contribution in [2.24, 2.45) is 0 Å². The van der Waals surface area contributed by atoms with Gasteiger partial charge in [0.15, 0.2) is 0 Å². The normalized spacial score (nSPS) is 20.3. The van der Waals surface area contributed by atoms with Crippen molar-refractivity contribution in [3.63, 3.8) is 0 Å². The van der Waals surface area contributed by atoms with Gasteiger partial charge in [-0.15, -0.1) is 0 Å². The van der Waals surface area contributed by atoms with E-state index >= 15 is 0 Å². The highest BCUT2D eigenvalue weighted by atomic mass is 16.5. The number of nitrogens with one attached hydrogen (secondary N) is 2. The van der Waals surface area contributed by atoms with E-state index in [2.05, 4.69) is 10.6 Å². The fourth-order valence-corrected chi connectivity index (χ4v) is 2.87. The Kier molecular flexibility index (Phi) is 4.50. The minimum absolute atomic E-state index is 0.0106. The molecule has 1 aromatic carbocycles. The summed E-state index contributed by atoms with van der Waals surface area (Å²) in [6.07, 6.45) is 2.76. The average molecular weight is 329 g/mol. The summed E-state index contributed by atoms with van der Waals surface area (Å²) >= 11 is 0. The van der Waals surface area contributed by atoms with Crippen LogP contribution in [-0.4, -0.2) is 49.0 Å². The molecule has 1 fully saturated rings. The van der Waals surface area contributed by atoms with Gasteiger partial charge in [0.1, 0.15) is 11.8 Å². The van der Waals surface area contributed by atoms with Crippen LogP contribution in [0.4, 0.5) is 4.79 Å². The van der Waals surface area contributed by atoms with Gasteiger partial charge in [-0.3, -0.25) is 14.9 Å². The van der Waals surface area contributed by atoms with E-state index in [1.807, 2.05) is 30.3 Å². The fraction of sp³-hybridized carbons (Fsp3) is 0.353. The maximum Gasteiger partial charge on any atom is 0.322 e. The number of urea groups is 1. The van der Waals surface area contributed by atoms with Gasteiger partial charge in [-0.25, -0.2) is 4.79 Å². The Balaban J connectivity index is 1.58. The van der Waals surface area contributed by atoms with Crippen LogP contribution in [0.1, 0.15) is 18.4 Å². The second kappa shape index (κ2) is 6.74. The molecular formula is C17H19N3O4. The largest absolute Gasteiger partial charge is 0.497 e. The van der Waals surface area contributed by atoms with Gasteiger partial charge >= 0.3 is 6.03 Å². The van der Waals surface area contributed by atoms with Crippen LogP contribution in [0.15, 0.2) is 30.3 Å². The zero-order chi connectivity index (χ0) is 17.1. The minimum Gasteiger partial charge on any atom is -0.497 e. The van der Waals surface area contributed by atoms with E-state index in [0.717, 1.165) is 17.7 Å². The van der Waals surface area contributed by atoms with Crippen molar-refractivity contribution >= 4 is 23.4 Å². The lowest BCUT2D eigenvalue weighted by Gasteiger charge is -2.27. The minimum atomic E-state index is -0.767. The van der Waals surface area contributed by atoms with Crippen molar-refractivity contribution in [3.8, 4) is 5.75 Å². The van der Waals surface area contributed by atoms with E-state index in [0.29, 0.717) is 13.1 Å². The molecule has 0 bridgehead atoms. The lowest BCUT2D eigenvalue weighted by Crippen LogP contribution is -2.40. The van der Waals surface area contributed by atoms with Gasteiger partial charge in [0.25, 0.3) is 5.91 Å². The number of hydrogen-bond donors (Lipinski definition) is 2. The molecule has 2 aliphatic rings. The maximum absolute atomic E-state index is 12.3. The van der Waals surface area contributed by atoms with E-state index in [4.69, 9.17) is 4.74 Å². The highest BCUT2D eigenvalue weighted by molar-refractivity contribution is 6.05. The predicted molar refractivity (Wildman–Crippen MR) is 87.2 cm³/mol. The molecule has 1 saturated heterocycles. The number of methoxy groups -OCH3 is 1. The van der Waals surface area contributed by atoms with Gasteiger partial charge in [0, 0.05) is 13.1 Å². The summed E-state index contributed by atoms with van der Waals surface area (Å²) in [4.78, 5) is 36.6. The Bertz CT molecular complexity index is 696. The molecular weight excluding hydrogens is 310 g/mol. The summed E-state index contributed by atoms with van der Waals surface area (Å²) in [5.41, 5.74) is 2.30. The highest BCUT2D eigenvalue weighted by Crippen LogP contribution is 2.24. The second-order valence-electron chi connectivity index (χ2n) is 5.77. The molecule has 1 aromatic rings. The molecule has 7 nitrogen and oxygen atoms in total. The molecule has 1 atom stereocenters. The zero-order valence-corrected chi connectivity index (χ0v) is 13.4. The highest BCUT2D eigenvalue weighted by Gasteiger charge is 2.32. The third kappa shape index (κ3) is 3.40. The Morgan fingerprint density at radius 2 is 2.04 bits per heavy atom. The van der Waals surface area contributed by atoms with Crippen LogP contribution in [0, 0.1) is 0 Å². The fourth-order valence-electron chi connectivity index (χ4n) is 2.87. The van der Waals surface area contributed by atoms with Crippen LogP contribution in [0.3, 0.4) is 0 Å². The third-order valence-electron chi connectivity index (χ3n) is 4.26. The maximum atomic E-state index is 12.3. The summed E-state index contributed by atoms with van der Waals surface area (Å²) in [7, 11) is 1.63. The standard InChI is InChI=1S/C17H19N3O4/c1-24-13-4-2-11(3-5-13)12-6-8-20(9-7-12)15(21)10-14-16(22)19-17(23)18-14/h2-6,14H,7-10H2,1H3,(H2,18,19,22,23)/t14-/m0/s1. The molecule has 0 aliphatic carbocycles. The van der Waals surface area contributed by atoms with E-state index in [-0.39, 0.29) is 12.3 Å². The number of hydrogen-bond acceptors (Lipinski definition) is 4. The van der Waals surface area contributed by atoms with Gasteiger partial charge in [-0.2, -0.15) is 0 Å². The zero-order valence-electron chi connectivity index (χ0n) is 13.4. The van der Waals surface area contributed by atoms with Crippen LogP contribution in [0.25, 0.3) is 5.57 Å². The van der Waals surface area contributed by atoms with Crippen molar-refractivity contribution < 1.29 is 19.1 Å². The monoisotopic (exact) mass is 329 g/mol. The smallest absolute Gasteiger partial charge is 0.322 e. The van der Waals surface area contributed by atoms with Gasteiger partial charge in [0.2, 0.25) is 5.91 Å². The molecule has 3 rings (SSSR count). The third-order valence-corrected chi connectivity index (χ3v) is 4.26. The first-order chi connectivity index (χ1) is 11.6. The average Bonchev–Trinajstić information content (AvgIpc) is 2.92. The number of benzene rings is 1. The summed E-state index contributed by atoms with van der Waals surface area (Å²) in [5.74, 6) is 0.228. The van der Waals surface area contributed by atoms with Crippen LogP contribution in [-0.2, 0) is 9.59 Å². The Hall–Kier alpha value is -2.83. The Morgan fingerprint density at radius 1 is 1.29 bits per heavy atom. The lowest BCUT2D eigenvalue weighted by atomic mass is 9.99. The molecule has 2 N–H and O–H groups in total. The Morgan fingerprint density at radius 3 is 2.58 bits per heavy atom. The quantitative estimate of drug-likeness (QED) is 0.804. The second-order valence-corrected chi connectivity index (χ2v) is 5.77. The van der Waals surface area contributed by atoms with Crippen LogP contribution >= 0.6 is 0 Å². The first-order valence-electron chi connectivity index (χ1n) is 7.79. The van der Waals surface area contributed by atoms with Crippen LogP contribution in [0.5, 0.6) is 5.75 Å². The summed E-state index contributed by atoms with van der Waals surface area (Å²) < 4.78 is 5.15. The van der Waals surface area contributed by atoms with E-state index in [9.17, 15) is 14.4 Å². The summed E-state index contributed by atoms with van der Waals surface area (Å²) in [6, 6.07) is 6.51. The van der Waals surface area contributed by atoms with Crippen molar-refractivity contribution in [2.45, 2.75) is 18.9 Å². The molecule has 0 unspecified atom stereocenters. The SMILES string of the molecule is COc1ccc(C2=CCN(C(=O)C[C@@H]3NC(=O)NC3=O)CC2)cc1. The molecule has 0 aromatic heterocycles. The summed E-state index contributed by atoms with van der Waals surface area (Å²) in [6.45, 7) is 1.10. The van der Waals surface area contributed by atoms with E-state index in [1.54, 1.807) is 12.0 Å². The van der Waals surface area contributed by atoms with Gasteiger partial charge in [-0.1, -0.05) is 18.2 Å². The van der Waals surface area contributed by atoms with Gasteiger partial charge in [0.05, 0.1) is 13.5 Å². The molecule has 0 spiro atoms. The Labute approximate surface area is 139 Å². The van der Waals surface area contributed by atoms with Crippen LogP contribution < -0.4 is 15.4 Å². The number of amides is 4. The van der Waals surface area contributed by atoms with Crippen LogP contribution in [0.2, 0.25) is 0 Å². The van der Waals surface area contributed by atoms with Gasteiger partial charge < -0.3 is 15.0 Å². The summed E-state index contributed by atoms with van der Waals surface area (Å²) in [5, 5.41) is 4.58. The lowest BCUT2D eigenvalue weighted by molar-refractivity contribution is -0.133. The predicted octanol–water partition coefficient (Wildman–Crippen LogP) is 0.909. The first kappa shape index (κ1) is 16.0. The van der Waals surface area contributed by atoms with E-state index in [1.165, 1.54) is 5.57 Å². The molecule has 2 aliphatic heterocycles. The van der Waals surface area contributed by atoms with Crippen molar-refractivity contribution in [3.05, 3.63) is 35.9 Å². The first-order valence-corrected chi connectivity index (χ1v) is 7.79. The number of rotatable bonds is 4. The molecule has 0 saturated carbocycles. The molecule has 0 radical (unpaired) electrons. The number of nitrogens with zero attached hydrogens (tertiary/aromatic N) is 1. The number of carbonyl (C=O) groups is 3. The molecule has 126 valence electrons. The van der Waals surface area contributed by atoms with Crippen molar-refractivity contribution in [1.29, 1.82) is 0 Å². The number of imide groups is 1. The van der Waals surface area contributed by atoms with Crippen molar-refractivity contribution in [1.82, 2.24) is 15.5 Å². The van der Waals surface area contributed by atoms with Gasteiger partial charge in [-0.05, 0) is 29.7 Å². The van der Waals surface area contributed by atoms with Crippen molar-refractivity contribution in [2.75, 3.05) is 20.2 Å². The number of ether oxygens (including phenoxy) is 1. The molecule has 2 heterocycles.